The molecule has 0 saturated heterocycles. The van der Waals surface area contributed by atoms with Crippen LogP contribution in [-0.4, -0.2) is 24.1 Å². The minimum absolute atomic E-state index is 0.0418. The number of carbonyl (C=O) groups is 3. The Morgan fingerprint density at radius 2 is 1.60 bits per heavy atom. The van der Waals surface area contributed by atoms with Crippen LogP contribution in [0.1, 0.15) is 44.7 Å². The average molecular weight is 403 g/mol. The van der Waals surface area contributed by atoms with Gasteiger partial charge in [-0.3, -0.25) is 14.4 Å². The van der Waals surface area contributed by atoms with Gasteiger partial charge in [0, 0.05) is 22.0 Å². The molecule has 0 N–H and O–H groups in total. The van der Waals surface area contributed by atoms with Crippen molar-refractivity contribution < 1.29 is 19.1 Å². The predicted molar refractivity (Wildman–Crippen MR) is 98.9 cm³/mol. The zero-order valence-electron chi connectivity index (χ0n) is 14.2. The van der Waals surface area contributed by atoms with E-state index in [1.807, 2.05) is 32.0 Å². The van der Waals surface area contributed by atoms with Gasteiger partial charge in [0.25, 0.3) is 0 Å². The molecule has 0 heterocycles. The number of ketones is 2. The first-order chi connectivity index (χ1) is 11.9. The Morgan fingerprint density at radius 1 is 0.920 bits per heavy atom. The number of rotatable bonds is 7. The van der Waals surface area contributed by atoms with Crippen LogP contribution >= 0.6 is 15.9 Å². The van der Waals surface area contributed by atoms with Crippen molar-refractivity contribution in [3.63, 3.8) is 0 Å². The number of carbonyl (C=O) groups excluding carboxylic acids is 3. The third kappa shape index (κ3) is 5.64. The lowest BCUT2D eigenvalue weighted by Crippen LogP contribution is -2.15. The Bertz CT molecular complexity index is 794. The van der Waals surface area contributed by atoms with Gasteiger partial charge in [0.15, 0.2) is 18.2 Å². The molecule has 25 heavy (non-hydrogen) atoms. The van der Waals surface area contributed by atoms with Gasteiger partial charge in [0.1, 0.15) is 0 Å². The lowest BCUT2D eigenvalue weighted by molar-refractivity contribution is -0.142. The fourth-order valence-corrected chi connectivity index (χ4v) is 2.59. The van der Waals surface area contributed by atoms with Crippen LogP contribution in [0, 0.1) is 13.8 Å². The zero-order chi connectivity index (χ0) is 18.4. The quantitative estimate of drug-likeness (QED) is 0.506. The van der Waals surface area contributed by atoms with Crippen molar-refractivity contribution in [3.05, 3.63) is 69.2 Å². The maximum atomic E-state index is 12.2. The van der Waals surface area contributed by atoms with Gasteiger partial charge in [-0.15, -0.1) is 0 Å². The molecule has 0 spiro atoms. The molecular formula is C20H19BrO4. The standard InChI is InChI=1S/C20H19BrO4/c1-13-3-4-14(2)17(11-13)18(22)9-10-20(24)25-12-19(23)15-5-7-16(21)8-6-15/h3-8,11H,9-10,12H2,1-2H3. The number of esters is 1. The molecule has 2 aromatic carbocycles. The summed E-state index contributed by atoms with van der Waals surface area (Å²) in [4.78, 5) is 36.0. The van der Waals surface area contributed by atoms with Crippen molar-refractivity contribution >= 4 is 33.5 Å². The Labute approximate surface area is 155 Å². The van der Waals surface area contributed by atoms with E-state index < -0.39 is 5.97 Å². The third-order valence-electron chi connectivity index (χ3n) is 3.78. The molecule has 0 aliphatic carbocycles. The van der Waals surface area contributed by atoms with Gasteiger partial charge >= 0.3 is 5.97 Å². The van der Waals surface area contributed by atoms with E-state index in [2.05, 4.69) is 15.9 Å². The molecule has 5 heteroatoms. The van der Waals surface area contributed by atoms with E-state index in [0.29, 0.717) is 11.1 Å². The molecule has 0 radical (unpaired) electrons. The van der Waals surface area contributed by atoms with Gasteiger partial charge in [0.05, 0.1) is 6.42 Å². The number of benzene rings is 2. The molecule has 2 aromatic rings. The van der Waals surface area contributed by atoms with Crippen molar-refractivity contribution in [2.24, 2.45) is 0 Å². The summed E-state index contributed by atoms with van der Waals surface area (Å²) in [7, 11) is 0. The maximum absolute atomic E-state index is 12.2. The molecule has 2 rings (SSSR count). The number of ether oxygens (including phenoxy) is 1. The Morgan fingerprint density at radius 3 is 2.28 bits per heavy atom. The summed E-state index contributed by atoms with van der Waals surface area (Å²) >= 11 is 3.29. The monoisotopic (exact) mass is 402 g/mol. The van der Waals surface area contributed by atoms with Gasteiger partial charge in [-0.05, 0) is 37.6 Å². The second-order valence-electron chi connectivity index (χ2n) is 5.83. The highest BCUT2D eigenvalue weighted by molar-refractivity contribution is 9.10. The van der Waals surface area contributed by atoms with E-state index in [9.17, 15) is 14.4 Å². The van der Waals surface area contributed by atoms with Crippen LogP contribution in [0.25, 0.3) is 0 Å². The summed E-state index contributed by atoms with van der Waals surface area (Å²) in [5, 5.41) is 0. The number of halogens is 1. The second-order valence-corrected chi connectivity index (χ2v) is 6.75. The first-order valence-corrected chi connectivity index (χ1v) is 8.71. The molecule has 0 bridgehead atoms. The van der Waals surface area contributed by atoms with E-state index in [1.165, 1.54) is 0 Å². The fraction of sp³-hybridized carbons (Fsp3) is 0.250. The smallest absolute Gasteiger partial charge is 0.306 e. The highest BCUT2D eigenvalue weighted by atomic mass is 79.9. The topological polar surface area (TPSA) is 60.4 Å². The molecule has 0 aliphatic rings. The van der Waals surface area contributed by atoms with Crippen molar-refractivity contribution in [2.45, 2.75) is 26.7 Å². The van der Waals surface area contributed by atoms with Crippen molar-refractivity contribution in [2.75, 3.05) is 6.61 Å². The molecule has 130 valence electrons. The molecule has 0 unspecified atom stereocenters. The van der Waals surface area contributed by atoms with Crippen molar-refractivity contribution in [3.8, 4) is 0 Å². The van der Waals surface area contributed by atoms with E-state index in [4.69, 9.17) is 4.74 Å². The second kappa shape index (κ2) is 8.72. The summed E-state index contributed by atoms with van der Waals surface area (Å²) in [5.74, 6) is -0.928. The van der Waals surface area contributed by atoms with Crippen molar-refractivity contribution in [1.29, 1.82) is 0 Å². The number of aryl methyl sites for hydroxylation is 2. The third-order valence-corrected chi connectivity index (χ3v) is 4.31. The van der Waals surface area contributed by atoms with Crippen LogP contribution in [-0.2, 0) is 9.53 Å². The number of Topliss-reactive ketones (excluding diaryl/α,β-unsaturated/α-hetero) is 2. The molecule has 0 saturated carbocycles. The predicted octanol–water partition coefficient (Wildman–Crippen LogP) is 4.45. The SMILES string of the molecule is Cc1ccc(C)c(C(=O)CCC(=O)OCC(=O)c2ccc(Br)cc2)c1. The van der Waals surface area contributed by atoms with Crippen LogP contribution in [0.4, 0.5) is 0 Å². The van der Waals surface area contributed by atoms with E-state index in [1.54, 1.807) is 24.3 Å². The summed E-state index contributed by atoms with van der Waals surface area (Å²) in [6, 6.07) is 12.5. The fourth-order valence-electron chi connectivity index (χ4n) is 2.32. The molecular weight excluding hydrogens is 384 g/mol. The molecule has 0 aromatic heterocycles. The summed E-state index contributed by atoms with van der Waals surface area (Å²) in [6.45, 7) is 3.46. The Balaban J connectivity index is 1.82. The minimum Gasteiger partial charge on any atom is -0.457 e. The van der Waals surface area contributed by atoms with Gasteiger partial charge in [0.2, 0.25) is 0 Å². The first-order valence-electron chi connectivity index (χ1n) is 7.91. The van der Waals surface area contributed by atoms with Crippen LogP contribution in [0.5, 0.6) is 0 Å². The Hall–Kier alpha value is -2.27. The average Bonchev–Trinajstić information content (AvgIpc) is 2.60. The van der Waals surface area contributed by atoms with E-state index in [-0.39, 0.29) is 31.0 Å². The zero-order valence-corrected chi connectivity index (χ0v) is 15.8. The summed E-state index contributed by atoms with van der Waals surface area (Å²) in [6.07, 6.45) is 0.0232. The largest absolute Gasteiger partial charge is 0.457 e. The highest BCUT2D eigenvalue weighted by Gasteiger charge is 2.14. The van der Waals surface area contributed by atoms with Gasteiger partial charge in [-0.25, -0.2) is 0 Å². The molecule has 4 nitrogen and oxygen atoms in total. The van der Waals surface area contributed by atoms with Crippen LogP contribution in [0.3, 0.4) is 0 Å². The van der Waals surface area contributed by atoms with Crippen LogP contribution < -0.4 is 0 Å². The van der Waals surface area contributed by atoms with E-state index >= 15 is 0 Å². The number of hydrogen-bond acceptors (Lipinski definition) is 4. The summed E-state index contributed by atoms with van der Waals surface area (Å²) < 4.78 is 5.84. The molecule has 0 atom stereocenters. The lowest BCUT2D eigenvalue weighted by atomic mass is 9.99. The maximum Gasteiger partial charge on any atom is 0.306 e. The van der Waals surface area contributed by atoms with Crippen LogP contribution in [0.2, 0.25) is 0 Å². The first kappa shape index (κ1) is 19.1. The highest BCUT2D eigenvalue weighted by Crippen LogP contribution is 2.14. The van der Waals surface area contributed by atoms with Crippen molar-refractivity contribution in [1.82, 2.24) is 0 Å². The minimum atomic E-state index is -0.552. The Kier molecular flexibility index (Phi) is 6.65. The van der Waals surface area contributed by atoms with Gasteiger partial charge < -0.3 is 4.74 Å². The van der Waals surface area contributed by atoms with Gasteiger partial charge in [-0.1, -0.05) is 45.8 Å². The lowest BCUT2D eigenvalue weighted by Gasteiger charge is -2.07. The molecule has 0 fully saturated rings. The molecule has 0 aliphatic heterocycles. The van der Waals surface area contributed by atoms with E-state index in [0.717, 1.165) is 15.6 Å². The normalized spacial score (nSPS) is 10.4. The molecule has 0 amide bonds. The summed E-state index contributed by atoms with van der Waals surface area (Å²) in [5.41, 5.74) is 2.98. The number of hydrogen-bond donors (Lipinski definition) is 0. The van der Waals surface area contributed by atoms with Gasteiger partial charge in [-0.2, -0.15) is 0 Å². The van der Waals surface area contributed by atoms with Crippen LogP contribution in [0.15, 0.2) is 46.9 Å².